The first-order valence-electron chi connectivity index (χ1n) is 4.74. The van der Waals surface area contributed by atoms with Crippen molar-refractivity contribution in [2.24, 2.45) is 0 Å². The number of hydrogen-bond donors (Lipinski definition) is 1. The molecule has 1 rings (SSSR count). The third-order valence-corrected chi connectivity index (χ3v) is 2.65. The van der Waals surface area contributed by atoms with Crippen LogP contribution >= 0.6 is 0 Å². The van der Waals surface area contributed by atoms with Gasteiger partial charge in [0, 0.05) is 19.6 Å². The fraction of sp³-hybridized carbons (Fsp3) is 0.778. The van der Waals surface area contributed by atoms with Crippen LogP contribution in [0.3, 0.4) is 0 Å². The van der Waals surface area contributed by atoms with Gasteiger partial charge < -0.3 is 10.2 Å². The number of nitrogens with one attached hydrogen (secondary N) is 1. The van der Waals surface area contributed by atoms with Crippen molar-refractivity contribution in [3.8, 4) is 0 Å². The van der Waals surface area contributed by atoms with Gasteiger partial charge in [0.1, 0.15) is 6.04 Å². The normalized spacial score (nSPS) is 24.7. The minimum absolute atomic E-state index is 0.127. The monoisotopic (exact) mass is 199 g/mol. The van der Waals surface area contributed by atoms with Crippen LogP contribution in [0.4, 0.5) is 4.79 Å². The van der Waals surface area contributed by atoms with Gasteiger partial charge in [-0.15, -0.1) is 0 Å². The van der Waals surface area contributed by atoms with E-state index in [1.165, 1.54) is 11.9 Å². The van der Waals surface area contributed by atoms with E-state index in [2.05, 4.69) is 5.32 Å². The quantitative estimate of drug-likeness (QED) is 0.645. The Balaban J connectivity index is 2.70. The van der Waals surface area contributed by atoms with E-state index in [1.807, 2.05) is 14.0 Å². The molecule has 80 valence electrons. The van der Waals surface area contributed by atoms with Gasteiger partial charge in [-0.25, -0.2) is 4.79 Å². The van der Waals surface area contributed by atoms with E-state index in [0.29, 0.717) is 6.54 Å². The number of carbonyl (C=O) groups is 2. The smallest absolute Gasteiger partial charge is 0.316 e. The first-order valence-corrected chi connectivity index (χ1v) is 4.74. The van der Waals surface area contributed by atoms with Gasteiger partial charge in [-0.1, -0.05) is 0 Å². The summed E-state index contributed by atoms with van der Waals surface area (Å²) in [5.41, 5.74) is 0. The third-order valence-electron chi connectivity index (χ3n) is 2.65. The van der Waals surface area contributed by atoms with Gasteiger partial charge in [0.2, 0.25) is 0 Å². The van der Waals surface area contributed by atoms with Gasteiger partial charge in [0.05, 0.1) is 0 Å². The summed E-state index contributed by atoms with van der Waals surface area (Å²) < 4.78 is 0. The van der Waals surface area contributed by atoms with Crippen LogP contribution in [0, 0.1) is 0 Å². The molecule has 0 aliphatic carbocycles. The van der Waals surface area contributed by atoms with Gasteiger partial charge in [-0.05, 0) is 20.9 Å². The fourth-order valence-electron chi connectivity index (χ4n) is 1.49. The molecular weight excluding hydrogens is 182 g/mol. The summed E-state index contributed by atoms with van der Waals surface area (Å²) in [5, 5.41) is 3.04. The number of amides is 3. The van der Waals surface area contributed by atoms with Crippen LogP contribution in [0.1, 0.15) is 13.8 Å². The molecule has 0 aromatic rings. The number of imide groups is 1. The lowest BCUT2D eigenvalue weighted by Crippen LogP contribution is -2.42. The Morgan fingerprint density at radius 2 is 2.07 bits per heavy atom. The molecule has 2 unspecified atom stereocenters. The van der Waals surface area contributed by atoms with Crippen molar-refractivity contribution in [2.45, 2.75) is 25.9 Å². The van der Waals surface area contributed by atoms with E-state index < -0.39 is 0 Å². The van der Waals surface area contributed by atoms with Crippen molar-refractivity contribution in [3.05, 3.63) is 0 Å². The maximum Gasteiger partial charge on any atom is 0.327 e. The highest BCUT2D eigenvalue weighted by atomic mass is 16.2. The summed E-state index contributed by atoms with van der Waals surface area (Å²) in [7, 11) is 3.35. The second-order valence-corrected chi connectivity index (χ2v) is 3.70. The van der Waals surface area contributed by atoms with E-state index in [0.717, 1.165) is 0 Å². The molecule has 1 heterocycles. The first-order chi connectivity index (χ1) is 6.49. The molecule has 0 radical (unpaired) electrons. The maximum atomic E-state index is 11.6. The van der Waals surface area contributed by atoms with Crippen molar-refractivity contribution in [2.75, 3.05) is 20.6 Å². The Hall–Kier alpha value is -1.10. The standard InChI is InChI=1S/C9H17N3O2/c1-6(10-3)5-12-7(2)8(13)11(4)9(12)14/h6-7,10H,5H2,1-4H3. The topological polar surface area (TPSA) is 52.7 Å². The van der Waals surface area contributed by atoms with Crippen molar-refractivity contribution in [1.82, 2.24) is 15.1 Å². The van der Waals surface area contributed by atoms with Crippen LogP contribution in [-0.2, 0) is 4.79 Å². The van der Waals surface area contributed by atoms with Gasteiger partial charge in [0.25, 0.3) is 5.91 Å². The van der Waals surface area contributed by atoms with E-state index in [4.69, 9.17) is 0 Å². The molecule has 0 saturated carbocycles. The molecule has 2 atom stereocenters. The molecule has 1 saturated heterocycles. The molecule has 0 aromatic carbocycles. The molecule has 0 bridgehead atoms. The number of urea groups is 1. The largest absolute Gasteiger partial charge is 0.327 e. The van der Waals surface area contributed by atoms with Crippen molar-refractivity contribution in [3.63, 3.8) is 0 Å². The van der Waals surface area contributed by atoms with E-state index in [9.17, 15) is 9.59 Å². The zero-order valence-corrected chi connectivity index (χ0v) is 9.07. The zero-order valence-electron chi connectivity index (χ0n) is 9.07. The summed E-state index contributed by atoms with van der Waals surface area (Å²) in [5.74, 6) is -0.127. The average Bonchev–Trinajstić information content (AvgIpc) is 2.35. The molecular formula is C9H17N3O2. The van der Waals surface area contributed by atoms with Crippen molar-refractivity contribution >= 4 is 11.9 Å². The van der Waals surface area contributed by atoms with E-state index in [-0.39, 0.29) is 24.0 Å². The number of rotatable bonds is 3. The summed E-state index contributed by atoms with van der Waals surface area (Å²) in [6, 6.07) is -0.339. The van der Waals surface area contributed by atoms with Crippen LogP contribution in [0.25, 0.3) is 0 Å². The number of hydrogen-bond acceptors (Lipinski definition) is 3. The maximum absolute atomic E-state index is 11.6. The van der Waals surface area contributed by atoms with Gasteiger partial charge in [-0.3, -0.25) is 9.69 Å². The second kappa shape index (κ2) is 3.96. The lowest BCUT2D eigenvalue weighted by molar-refractivity contribution is -0.127. The number of nitrogens with zero attached hydrogens (tertiary/aromatic N) is 2. The number of likely N-dealkylation sites (N-methyl/N-ethyl adjacent to an activating group) is 2. The summed E-state index contributed by atoms with van der Waals surface area (Å²) in [4.78, 5) is 25.8. The van der Waals surface area contributed by atoms with Crippen LogP contribution in [0.2, 0.25) is 0 Å². The Bertz CT molecular complexity index is 254. The van der Waals surface area contributed by atoms with Crippen LogP contribution in [0.15, 0.2) is 0 Å². The Kier molecular flexibility index (Phi) is 3.10. The Morgan fingerprint density at radius 3 is 2.43 bits per heavy atom. The summed E-state index contributed by atoms with van der Waals surface area (Å²) in [6.07, 6.45) is 0. The predicted octanol–water partition coefficient (Wildman–Crippen LogP) is -0.123. The lowest BCUT2D eigenvalue weighted by atomic mass is 10.2. The molecule has 0 aromatic heterocycles. The van der Waals surface area contributed by atoms with Crippen molar-refractivity contribution < 1.29 is 9.59 Å². The van der Waals surface area contributed by atoms with Gasteiger partial charge in [-0.2, -0.15) is 0 Å². The minimum atomic E-state index is -0.330. The molecule has 3 amide bonds. The highest BCUT2D eigenvalue weighted by Gasteiger charge is 2.40. The highest BCUT2D eigenvalue weighted by molar-refractivity contribution is 6.03. The molecule has 5 heteroatoms. The molecule has 1 fully saturated rings. The SMILES string of the molecule is CNC(C)CN1C(=O)N(C)C(=O)C1C. The van der Waals surface area contributed by atoms with Crippen LogP contribution in [0.5, 0.6) is 0 Å². The molecule has 1 aliphatic heterocycles. The van der Waals surface area contributed by atoms with Gasteiger partial charge >= 0.3 is 6.03 Å². The van der Waals surface area contributed by atoms with E-state index >= 15 is 0 Å². The zero-order chi connectivity index (χ0) is 10.9. The summed E-state index contributed by atoms with van der Waals surface area (Å²) in [6.45, 7) is 4.29. The van der Waals surface area contributed by atoms with E-state index in [1.54, 1.807) is 11.8 Å². The van der Waals surface area contributed by atoms with Crippen molar-refractivity contribution in [1.29, 1.82) is 0 Å². The first kappa shape index (κ1) is 11.0. The van der Waals surface area contributed by atoms with Gasteiger partial charge in [0.15, 0.2) is 0 Å². The Morgan fingerprint density at radius 1 is 1.50 bits per heavy atom. The lowest BCUT2D eigenvalue weighted by Gasteiger charge is -2.22. The molecule has 1 N–H and O–H groups in total. The number of carbonyl (C=O) groups excluding carboxylic acids is 2. The molecule has 5 nitrogen and oxygen atoms in total. The summed E-state index contributed by atoms with van der Waals surface area (Å²) >= 11 is 0. The average molecular weight is 199 g/mol. The second-order valence-electron chi connectivity index (χ2n) is 3.70. The Labute approximate surface area is 84.0 Å². The fourth-order valence-corrected chi connectivity index (χ4v) is 1.49. The molecule has 1 aliphatic rings. The van der Waals surface area contributed by atoms with Crippen LogP contribution < -0.4 is 5.32 Å². The molecule has 14 heavy (non-hydrogen) atoms. The third kappa shape index (κ3) is 1.72. The predicted molar refractivity (Wildman–Crippen MR) is 52.9 cm³/mol. The van der Waals surface area contributed by atoms with Crippen LogP contribution in [-0.4, -0.2) is 54.5 Å². The highest BCUT2D eigenvalue weighted by Crippen LogP contribution is 2.15. The molecule has 0 spiro atoms. The minimum Gasteiger partial charge on any atom is -0.316 e.